The molecule has 0 saturated heterocycles. The minimum Gasteiger partial charge on any atom is -0.478 e. The van der Waals surface area contributed by atoms with Gasteiger partial charge in [0.1, 0.15) is 0 Å². The van der Waals surface area contributed by atoms with Gasteiger partial charge < -0.3 is 5.11 Å². The Balaban J connectivity index is 2.70. The molecule has 1 aromatic rings. The Morgan fingerprint density at radius 3 is 2.94 bits per heavy atom. The first-order valence-corrected chi connectivity index (χ1v) is 6.48. The van der Waals surface area contributed by atoms with Crippen LogP contribution in [0.1, 0.15) is 23.7 Å². The molecule has 0 atom stereocenters. The highest BCUT2D eigenvalue weighted by atomic mass is 79.9. The zero-order chi connectivity index (χ0) is 12.0. The van der Waals surface area contributed by atoms with Crippen molar-refractivity contribution in [3.05, 3.63) is 28.2 Å². The molecule has 0 aliphatic rings. The first-order chi connectivity index (χ1) is 7.65. The molecule has 84 valence electrons. The fourth-order valence-corrected chi connectivity index (χ4v) is 2.32. The maximum atomic E-state index is 10.9. The van der Waals surface area contributed by atoms with Gasteiger partial charge in [-0.15, -0.1) is 23.6 Å². The standard InChI is InChI=1S/C12H11BrO2S/c1-2-3-4-7-16-9-5-6-11(13)10(8-9)12(14)15/h5-6,8H,4,7H2,1H3,(H,14,15). The molecular formula is C12H11BrO2S. The van der Waals surface area contributed by atoms with Crippen LogP contribution in [-0.2, 0) is 0 Å². The summed E-state index contributed by atoms with van der Waals surface area (Å²) in [6.07, 6.45) is 0.819. The average molecular weight is 299 g/mol. The molecule has 0 fully saturated rings. The number of hydrogen-bond acceptors (Lipinski definition) is 2. The van der Waals surface area contributed by atoms with E-state index in [4.69, 9.17) is 5.11 Å². The number of carbonyl (C=O) groups is 1. The fraction of sp³-hybridized carbons (Fsp3) is 0.250. The fourth-order valence-electron chi connectivity index (χ4n) is 1.10. The van der Waals surface area contributed by atoms with Crippen LogP contribution in [0.5, 0.6) is 0 Å². The third-order valence-corrected chi connectivity index (χ3v) is 3.53. The Bertz CT molecular complexity index is 446. The van der Waals surface area contributed by atoms with Crippen LogP contribution in [0.15, 0.2) is 27.6 Å². The second-order valence-electron chi connectivity index (χ2n) is 2.97. The van der Waals surface area contributed by atoms with Crippen molar-refractivity contribution in [3.8, 4) is 11.8 Å². The first kappa shape index (κ1) is 13.1. The van der Waals surface area contributed by atoms with Crippen LogP contribution in [0.25, 0.3) is 0 Å². The minimum atomic E-state index is -0.914. The normalized spacial score (nSPS) is 9.38. The Hall–Kier alpha value is -0.920. The summed E-state index contributed by atoms with van der Waals surface area (Å²) in [5.74, 6) is 5.76. The molecule has 0 heterocycles. The van der Waals surface area contributed by atoms with E-state index in [0.29, 0.717) is 10.0 Å². The quantitative estimate of drug-likeness (QED) is 0.524. The SMILES string of the molecule is CC#CCCSc1ccc(Br)c(C(=O)O)c1. The molecule has 1 rings (SSSR count). The molecule has 0 aliphatic heterocycles. The lowest BCUT2D eigenvalue weighted by Gasteiger charge is -2.03. The summed E-state index contributed by atoms with van der Waals surface area (Å²) in [6, 6.07) is 5.34. The number of rotatable bonds is 4. The highest BCUT2D eigenvalue weighted by Crippen LogP contribution is 2.25. The van der Waals surface area contributed by atoms with Crippen molar-refractivity contribution in [3.63, 3.8) is 0 Å². The number of aromatic carboxylic acids is 1. The Kier molecular flexibility index (Phi) is 5.44. The monoisotopic (exact) mass is 298 g/mol. The smallest absolute Gasteiger partial charge is 0.336 e. The Morgan fingerprint density at radius 1 is 1.56 bits per heavy atom. The Labute approximate surface area is 108 Å². The van der Waals surface area contributed by atoms with Gasteiger partial charge in [0.05, 0.1) is 5.56 Å². The van der Waals surface area contributed by atoms with Gasteiger partial charge in [0.15, 0.2) is 0 Å². The summed E-state index contributed by atoms with van der Waals surface area (Å²) in [7, 11) is 0. The molecule has 16 heavy (non-hydrogen) atoms. The molecular weight excluding hydrogens is 288 g/mol. The molecule has 0 aromatic heterocycles. The lowest BCUT2D eigenvalue weighted by molar-refractivity contribution is 0.0695. The van der Waals surface area contributed by atoms with Gasteiger partial charge in [0, 0.05) is 21.5 Å². The second kappa shape index (κ2) is 6.62. The molecule has 1 aromatic carbocycles. The molecule has 0 radical (unpaired) electrons. The number of carboxylic acids is 1. The van der Waals surface area contributed by atoms with Crippen LogP contribution in [0, 0.1) is 11.8 Å². The molecule has 0 amide bonds. The van der Waals surface area contributed by atoms with Crippen molar-refractivity contribution in [2.45, 2.75) is 18.2 Å². The summed E-state index contributed by atoms with van der Waals surface area (Å²) in [5, 5.41) is 8.94. The van der Waals surface area contributed by atoms with E-state index in [1.54, 1.807) is 23.9 Å². The Morgan fingerprint density at radius 2 is 2.31 bits per heavy atom. The molecule has 0 unspecified atom stereocenters. The second-order valence-corrected chi connectivity index (χ2v) is 4.99. The summed E-state index contributed by atoms with van der Waals surface area (Å²) < 4.78 is 0.609. The maximum Gasteiger partial charge on any atom is 0.336 e. The van der Waals surface area contributed by atoms with E-state index < -0.39 is 5.97 Å². The van der Waals surface area contributed by atoms with E-state index in [1.807, 2.05) is 13.0 Å². The van der Waals surface area contributed by atoms with E-state index >= 15 is 0 Å². The minimum absolute atomic E-state index is 0.298. The zero-order valence-electron chi connectivity index (χ0n) is 8.79. The molecule has 0 saturated carbocycles. The lowest BCUT2D eigenvalue weighted by atomic mass is 10.2. The zero-order valence-corrected chi connectivity index (χ0v) is 11.2. The van der Waals surface area contributed by atoms with Crippen LogP contribution in [0.4, 0.5) is 0 Å². The van der Waals surface area contributed by atoms with Crippen molar-refractivity contribution in [1.29, 1.82) is 0 Å². The van der Waals surface area contributed by atoms with Crippen molar-refractivity contribution < 1.29 is 9.90 Å². The lowest BCUT2D eigenvalue weighted by Crippen LogP contribution is -1.97. The van der Waals surface area contributed by atoms with E-state index in [0.717, 1.165) is 17.1 Å². The maximum absolute atomic E-state index is 10.9. The van der Waals surface area contributed by atoms with Gasteiger partial charge >= 0.3 is 5.97 Å². The van der Waals surface area contributed by atoms with E-state index in [-0.39, 0.29) is 0 Å². The summed E-state index contributed by atoms with van der Waals surface area (Å²) in [5.41, 5.74) is 0.298. The van der Waals surface area contributed by atoms with Crippen LogP contribution >= 0.6 is 27.7 Å². The number of carboxylic acid groups (broad SMARTS) is 1. The van der Waals surface area contributed by atoms with Crippen molar-refractivity contribution in [1.82, 2.24) is 0 Å². The van der Waals surface area contributed by atoms with Crippen LogP contribution < -0.4 is 0 Å². The first-order valence-electron chi connectivity index (χ1n) is 4.70. The third kappa shape index (κ3) is 3.92. The summed E-state index contributed by atoms with van der Waals surface area (Å²) in [6.45, 7) is 1.81. The molecule has 4 heteroatoms. The van der Waals surface area contributed by atoms with Gasteiger partial charge in [0.2, 0.25) is 0 Å². The van der Waals surface area contributed by atoms with Gasteiger partial charge in [-0.2, -0.15) is 0 Å². The van der Waals surface area contributed by atoms with Gasteiger partial charge in [0.25, 0.3) is 0 Å². The number of thioether (sulfide) groups is 1. The summed E-state index contributed by atoms with van der Waals surface area (Å²) in [4.78, 5) is 11.8. The highest BCUT2D eigenvalue weighted by Gasteiger charge is 2.08. The van der Waals surface area contributed by atoms with E-state index in [1.165, 1.54) is 0 Å². The molecule has 0 bridgehead atoms. The van der Waals surface area contributed by atoms with Crippen LogP contribution in [0.3, 0.4) is 0 Å². The van der Waals surface area contributed by atoms with Gasteiger partial charge in [-0.3, -0.25) is 0 Å². The van der Waals surface area contributed by atoms with E-state index in [9.17, 15) is 4.79 Å². The topological polar surface area (TPSA) is 37.3 Å². The highest BCUT2D eigenvalue weighted by molar-refractivity contribution is 9.10. The van der Waals surface area contributed by atoms with Crippen LogP contribution in [0.2, 0.25) is 0 Å². The number of benzene rings is 1. The van der Waals surface area contributed by atoms with Crippen LogP contribution in [-0.4, -0.2) is 16.8 Å². The van der Waals surface area contributed by atoms with Gasteiger partial charge in [-0.1, -0.05) is 0 Å². The number of halogens is 1. The molecule has 1 N–H and O–H groups in total. The van der Waals surface area contributed by atoms with Gasteiger partial charge in [-0.05, 0) is 41.1 Å². The van der Waals surface area contributed by atoms with Gasteiger partial charge in [-0.25, -0.2) is 4.79 Å². The third-order valence-electron chi connectivity index (χ3n) is 1.84. The largest absolute Gasteiger partial charge is 0.478 e. The molecule has 0 aliphatic carbocycles. The average Bonchev–Trinajstić information content (AvgIpc) is 2.26. The number of hydrogen-bond donors (Lipinski definition) is 1. The van der Waals surface area contributed by atoms with Crippen molar-refractivity contribution in [2.75, 3.05) is 5.75 Å². The summed E-state index contributed by atoms with van der Waals surface area (Å²) >= 11 is 4.83. The molecule has 2 nitrogen and oxygen atoms in total. The predicted octanol–water partition coefficient (Wildman–Crippen LogP) is 3.65. The molecule has 0 spiro atoms. The van der Waals surface area contributed by atoms with Crippen molar-refractivity contribution >= 4 is 33.7 Å². The predicted molar refractivity (Wildman–Crippen MR) is 69.9 cm³/mol. The van der Waals surface area contributed by atoms with E-state index in [2.05, 4.69) is 27.8 Å². The van der Waals surface area contributed by atoms with Crippen molar-refractivity contribution in [2.24, 2.45) is 0 Å².